The molecule has 4 atom stereocenters. The number of piperazine rings is 2. The lowest BCUT2D eigenvalue weighted by molar-refractivity contribution is -0.139. The van der Waals surface area contributed by atoms with E-state index < -0.39 is 11.6 Å². The van der Waals surface area contributed by atoms with Gasteiger partial charge in [0, 0.05) is 126 Å². The lowest BCUT2D eigenvalue weighted by Gasteiger charge is -2.45. The summed E-state index contributed by atoms with van der Waals surface area (Å²) >= 11 is 20.2. The van der Waals surface area contributed by atoms with Crippen LogP contribution in [0.5, 0.6) is 0 Å². The van der Waals surface area contributed by atoms with Gasteiger partial charge < -0.3 is 35.3 Å². The molecule has 0 bridgehead atoms. The fourth-order valence-corrected chi connectivity index (χ4v) is 14.1. The Morgan fingerprint density at radius 1 is 0.607 bits per heavy atom. The summed E-state index contributed by atoms with van der Waals surface area (Å²) in [6, 6.07) is 35.5. The molecular weight excluding hydrogens is 1290 g/mol. The van der Waals surface area contributed by atoms with E-state index in [9.17, 15) is 14.4 Å². The van der Waals surface area contributed by atoms with Crippen molar-refractivity contribution in [1.29, 1.82) is 0 Å². The van der Waals surface area contributed by atoms with Gasteiger partial charge in [-0.05, 0) is 185 Å². The van der Waals surface area contributed by atoms with E-state index in [4.69, 9.17) is 33.2 Å². The van der Waals surface area contributed by atoms with Gasteiger partial charge in [0.25, 0.3) is 0 Å². The van der Waals surface area contributed by atoms with E-state index in [1.165, 1.54) is 27.8 Å². The van der Waals surface area contributed by atoms with Crippen LogP contribution in [0.4, 0.5) is 4.79 Å². The van der Waals surface area contributed by atoms with Crippen molar-refractivity contribution in [3.05, 3.63) is 233 Å². The number of rotatable bonds is 16. The van der Waals surface area contributed by atoms with Crippen molar-refractivity contribution in [2.75, 3.05) is 52.4 Å². The zero-order valence-electron chi connectivity index (χ0n) is 50.7. The molecule has 6 heterocycles. The molecule has 4 aromatic heterocycles. The van der Waals surface area contributed by atoms with Crippen LogP contribution >= 0.6 is 55.1 Å². The first kappa shape index (κ1) is 63.8. The second kappa shape index (κ2) is 29.5. The number of aromatic amines is 2. The van der Waals surface area contributed by atoms with Gasteiger partial charge >= 0.3 is 6.03 Å². The highest BCUT2D eigenvalue weighted by molar-refractivity contribution is 9.10. The second-order valence-corrected chi connectivity index (χ2v) is 27.3. The van der Waals surface area contributed by atoms with Crippen LogP contribution in [0.3, 0.4) is 0 Å². The SMILES string of the molecule is CC(C)(C)NC(=O)N1CCN(C2c3ccc(Cl)cc3CCc3cc(Br)cnc32)C[C@@H]1C(=O)N(CCCc1cnc[nH]1)Cc1ccccc1.O=C([C@H]1CN(C2c3ccc(Cl)cc3CCc3cc(Br)cnc32)CCN1)N(CCCc1cnc[nH]1)Cc1ccccc1. The first-order valence-corrected chi connectivity index (χ1v) is 33.2. The largest absolute Gasteiger partial charge is 0.348 e. The zero-order valence-corrected chi connectivity index (χ0v) is 55.3. The number of halogens is 4. The molecular formula is C69H77Br2Cl2N13O3. The minimum absolute atomic E-state index is 0.0341. The second-order valence-electron chi connectivity index (χ2n) is 24.6. The molecule has 2 saturated heterocycles. The number of pyridine rings is 2. The van der Waals surface area contributed by atoms with Crippen LogP contribution < -0.4 is 10.6 Å². The van der Waals surface area contributed by atoms with E-state index in [2.05, 4.69) is 121 Å². The van der Waals surface area contributed by atoms with Crippen molar-refractivity contribution in [1.82, 2.24) is 65.0 Å². The normalized spacial score (nSPS) is 18.4. The van der Waals surface area contributed by atoms with Crippen LogP contribution in [0.2, 0.25) is 10.0 Å². The Morgan fingerprint density at radius 2 is 1.10 bits per heavy atom. The topological polar surface area (TPSA) is 175 Å². The Kier molecular flexibility index (Phi) is 21.1. The molecule has 20 heteroatoms. The van der Waals surface area contributed by atoms with Gasteiger partial charge in [-0.3, -0.25) is 29.4 Å². The van der Waals surface area contributed by atoms with Crippen molar-refractivity contribution >= 4 is 72.9 Å². The van der Waals surface area contributed by atoms with E-state index in [0.29, 0.717) is 57.4 Å². The molecule has 8 aromatic rings. The average molecular weight is 1370 g/mol. The number of hydrogen-bond donors (Lipinski definition) is 4. The minimum atomic E-state index is -0.699. The maximum atomic E-state index is 14.9. The molecule has 12 rings (SSSR count). The van der Waals surface area contributed by atoms with E-state index in [0.717, 1.165) is 118 Å². The fraction of sp³-hybridized carbons (Fsp3) is 0.377. The van der Waals surface area contributed by atoms with Gasteiger partial charge in [-0.2, -0.15) is 0 Å². The molecule has 464 valence electrons. The summed E-state index contributed by atoms with van der Waals surface area (Å²) in [5, 5.41) is 8.13. The van der Waals surface area contributed by atoms with Crippen molar-refractivity contribution in [3.8, 4) is 0 Å². The van der Waals surface area contributed by atoms with Crippen molar-refractivity contribution in [3.63, 3.8) is 0 Å². The number of carbonyl (C=O) groups is 3. The number of nitrogens with zero attached hydrogens (tertiary/aromatic N) is 9. The van der Waals surface area contributed by atoms with Gasteiger partial charge in [0.2, 0.25) is 11.8 Å². The van der Waals surface area contributed by atoms with Gasteiger partial charge in [-0.15, -0.1) is 0 Å². The highest BCUT2D eigenvalue weighted by atomic mass is 79.9. The van der Waals surface area contributed by atoms with E-state index >= 15 is 0 Å². The number of nitrogens with one attached hydrogen (secondary N) is 4. The molecule has 4 amide bonds. The summed E-state index contributed by atoms with van der Waals surface area (Å²) in [7, 11) is 0. The summed E-state index contributed by atoms with van der Waals surface area (Å²) in [5.74, 6) is 0.0725. The third-order valence-electron chi connectivity index (χ3n) is 17.2. The first-order chi connectivity index (χ1) is 43.1. The molecule has 0 saturated carbocycles. The van der Waals surface area contributed by atoms with Crippen molar-refractivity contribution in [2.45, 2.75) is 115 Å². The monoisotopic (exact) mass is 1360 g/mol. The molecule has 89 heavy (non-hydrogen) atoms. The fourth-order valence-electron chi connectivity index (χ4n) is 13.0. The zero-order chi connectivity index (χ0) is 62.0. The Labute approximate surface area is 548 Å². The number of aryl methyl sites for hydroxylation is 6. The maximum Gasteiger partial charge on any atom is 0.318 e. The predicted octanol–water partition coefficient (Wildman–Crippen LogP) is 11.9. The third kappa shape index (κ3) is 16.2. The van der Waals surface area contributed by atoms with Crippen LogP contribution in [0, 0.1) is 0 Å². The first-order valence-electron chi connectivity index (χ1n) is 30.9. The molecule has 2 unspecified atom stereocenters. The summed E-state index contributed by atoms with van der Waals surface area (Å²) < 4.78 is 1.92. The minimum Gasteiger partial charge on any atom is -0.348 e. The van der Waals surface area contributed by atoms with Gasteiger partial charge in [-0.25, -0.2) is 14.8 Å². The molecule has 0 radical (unpaired) electrons. The summed E-state index contributed by atoms with van der Waals surface area (Å²) in [4.78, 5) is 77.9. The highest BCUT2D eigenvalue weighted by Gasteiger charge is 2.43. The van der Waals surface area contributed by atoms with E-state index in [1.807, 2.05) is 116 Å². The number of carbonyl (C=O) groups excluding carboxylic acids is 3. The van der Waals surface area contributed by atoms with Crippen LogP contribution in [-0.4, -0.2) is 142 Å². The smallest absolute Gasteiger partial charge is 0.318 e. The maximum absolute atomic E-state index is 14.9. The number of H-pyrrole nitrogens is 2. The van der Waals surface area contributed by atoms with Gasteiger partial charge in [0.05, 0.1) is 42.2 Å². The number of imidazole rings is 2. The quantitative estimate of drug-likeness (QED) is 0.0729. The van der Waals surface area contributed by atoms with E-state index in [-0.39, 0.29) is 36.0 Å². The Hall–Kier alpha value is -6.77. The Balaban J connectivity index is 0.000000186. The molecule has 2 fully saturated rings. The molecule has 4 N–H and O–H groups in total. The van der Waals surface area contributed by atoms with Crippen LogP contribution in [0.25, 0.3) is 0 Å². The van der Waals surface area contributed by atoms with E-state index in [1.54, 1.807) is 17.6 Å². The third-order valence-corrected chi connectivity index (χ3v) is 18.5. The van der Waals surface area contributed by atoms with Crippen LogP contribution in [0.1, 0.15) is 113 Å². The Bertz CT molecular complexity index is 3580. The molecule has 4 aromatic carbocycles. The number of urea groups is 1. The van der Waals surface area contributed by atoms with Gasteiger partial charge in [0.1, 0.15) is 6.04 Å². The number of aromatic nitrogens is 6. The summed E-state index contributed by atoms with van der Waals surface area (Å²) in [6.45, 7) is 11.7. The number of amides is 4. The van der Waals surface area contributed by atoms with Gasteiger partial charge in [0.15, 0.2) is 0 Å². The molecule has 2 aliphatic heterocycles. The van der Waals surface area contributed by atoms with Crippen molar-refractivity contribution in [2.24, 2.45) is 0 Å². The van der Waals surface area contributed by atoms with Crippen molar-refractivity contribution < 1.29 is 14.4 Å². The van der Waals surface area contributed by atoms with Gasteiger partial charge in [-0.1, -0.05) is 96.0 Å². The lowest BCUT2D eigenvalue weighted by atomic mass is 9.95. The van der Waals surface area contributed by atoms with Crippen LogP contribution in [-0.2, 0) is 61.2 Å². The summed E-state index contributed by atoms with van der Waals surface area (Å²) in [5.41, 5.74) is 13.1. The number of benzene rings is 4. The molecule has 2 aliphatic carbocycles. The standard InChI is InChI=1S/C37H43BrClN7O2.C32H34BrClN6O/c1-37(2,3)43-36(48)46-17-16-44(34-31-14-13-29(39)19-26(31)11-12-27-18-28(38)20-41-33(27)34)23-32(46)35(47)45(22-25-8-5-4-6-9-25)15-7-10-30-21-40-24-42-30;33-25-15-24-9-8-23-16-26(34)10-11-28(23)31(30(24)37-17-25)39-14-12-36-29(20-39)32(41)40(19-22-5-2-1-3-6-22)13-4-7-27-18-35-21-38-27/h4-6,8-9,13-14,18-21,24,32,34H,7,10-12,15-17,22-23H2,1-3H3,(H,40,42)(H,43,48);1-3,5-6,10-11,15-18,21,29,31,36H,4,7-9,12-14,19-20H2,(H,35,38)/t32-,34?;29-,31?/m11/s1. The average Bonchev–Trinajstić information content (AvgIpc) is 1.95. The number of hydrogen-bond acceptors (Lipinski definition) is 10. The molecule has 4 aliphatic rings. The highest BCUT2D eigenvalue weighted by Crippen LogP contribution is 2.41. The molecule has 0 spiro atoms. The van der Waals surface area contributed by atoms with Crippen LogP contribution in [0.15, 0.2) is 156 Å². The number of fused-ring (bicyclic) bond motifs is 4. The summed E-state index contributed by atoms with van der Waals surface area (Å²) in [6.07, 6.45) is 17.5. The molecule has 16 nitrogen and oxygen atoms in total. The lowest BCUT2D eigenvalue weighted by Crippen LogP contribution is -2.64. The Morgan fingerprint density at radius 3 is 1.60 bits per heavy atom. The predicted molar refractivity (Wildman–Crippen MR) is 357 cm³/mol.